The minimum absolute atomic E-state index is 0.337. The summed E-state index contributed by atoms with van der Waals surface area (Å²) in [5, 5.41) is 8.54. The van der Waals surface area contributed by atoms with Crippen molar-refractivity contribution in [1.29, 1.82) is 0 Å². The van der Waals surface area contributed by atoms with E-state index in [-0.39, 0.29) is 6.61 Å². The molecule has 0 heterocycles. The molecule has 0 unspecified atom stereocenters. The van der Waals surface area contributed by atoms with Gasteiger partial charge >= 0.3 is 5.97 Å². The van der Waals surface area contributed by atoms with Gasteiger partial charge in [-0.05, 0) is 55.3 Å². The van der Waals surface area contributed by atoms with Crippen molar-refractivity contribution >= 4 is 17.9 Å². The maximum absolute atomic E-state index is 10.4. The van der Waals surface area contributed by atoms with Gasteiger partial charge in [-0.3, -0.25) is 4.99 Å². The minimum atomic E-state index is -0.990. The highest BCUT2D eigenvalue weighted by Gasteiger charge is 1.99. The summed E-state index contributed by atoms with van der Waals surface area (Å²) in [5.74, 6) is -0.462. The predicted molar refractivity (Wildman–Crippen MR) is 82.7 cm³/mol. The molecule has 0 spiro atoms. The molecule has 0 radical (unpaired) electrons. The van der Waals surface area contributed by atoms with Gasteiger partial charge in [-0.2, -0.15) is 0 Å². The molecule has 0 amide bonds. The van der Waals surface area contributed by atoms with Crippen LogP contribution in [-0.2, 0) is 4.79 Å². The van der Waals surface area contributed by atoms with Crippen LogP contribution in [0.25, 0.3) is 0 Å². The Balaban J connectivity index is 2.05. The van der Waals surface area contributed by atoms with Crippen LogP contribution in [0, 0.1) is 13.8 Å². The SMILES string of the molecule is Cc1ccc(N=Cc2ccc(OCC(=O)O)cc2)c(C)c1. The number of hydrogen-bond acceptors (Lipinski definition) is 3. The Labute approximate surface area is 123 Å². The zero-order valence-corrected chi connectivity index (χ0v) is 12.0. The highest BCUT2D eigenvalue weighted by Crippen LogP contribution is 2.19. The summed E-state index contributed by atoms with van der Waals surface area (Å²) >= 11 is 0. The van der Waals surface area contributed by atoms with E-state index in [2.05, 4.69) is 18.0 Å². The maximum atomic E-state index is 10.4. The first-order valence-electron chi connectivity index (χ1n) is 6.60. The molecule has 4 heteroatoms. The predicted octanol–water partition coefficient (Wildman–Crippen LogP) is 3.52. The summed E-state index contributed by atoms with van der Waals surface area (Å²) in [6, 6.07) is 13.2. The first-order valence-corrected chi connectivity index (χ1v) is 6.60. The Morgan fingerprint density at radius 3 is 2.52 bits per heavy atom. The molecule has 0 aliphatic rings. The highest BCUT2D eigenvalue weighted by atomic mass is 16.5. The van der Waals surface area contributed by atoms with Gasteiger partial charge in [0.25, 0.3) is 0 Å². The first kappa shape index (κ1) is 14.8. The number of carboxylic acid groups (broad SMARTS) is 1. The van der Waals surface area contributed by atoms with E-state index in [4.69, 9.17) is 9.84 Å². The lowest BCUT2D eigenvalue weighted by Gasteiger charge is -2.03. The Hall–Kier alpha value is -2.62. The Morgan fingerprint density at radius 1 is 1.19 bits per heavy atom. The van der Waals surface area contributed by atoms with Crippen LogP contribution in [0.1, 0.15) is 16.7 Å². The zero-order chi connectivity index (χ0) is 15.2. The van der Waals surface area contributed by atoms with Crippen molar-refractivity contribution in [3.8, 4) is 5.75 Å². The van der Waals surface area contributed by atoms with Crippen LogP contribution in [0.2, 0.25) is 0 Å². The van der Waals surface area contributed by atoms with Gasteiger partial charge in [0.05, 0.1) is 5.69 Å². The highest BCUT2D eigenvalue weighted by molar-refractivity contribution is 5.82. The molecule has 108 valence electrons. The van der Waals surface area contributed by atoms with Crippen molar-refractivity contribution in [3.63, 3.8) is 0 Å². The number of nitrogens with zero attached hydrogens (tertiary/aromatic N) is 1. The summed E-state index contributed by atoms with van der Waals surface area (Å²) in [6.45, 7) is 3.74. The number of aryl methyl sites for hydroxylation is 2. The van der Waals surface area contributed by atoms with Crippen LogP contribution < -0.4 is 4.74 Å². The average Bonchev–Trinajstić information content (AvgIpc) is 2.45. The standard InChI is InChI=1S/C17H17NO3/c1-12-3-8-16(13(2)9-12)18-10-14-4-6-15(7-5-14)21-11-17(19)20/h3-10H,11H2,1-2H3,(H,19,20). The molecule has 0 saturated carbocycles. The van der Waals surface area contributed by atoms with Crippen molar-refractivity contribution < 1.29 is 14.6 Å². The topological polar surface area (TPSA) is 58.9 Å². The number of carboxylic acids is 1. The normalized spacial score (nSPS) is 10.8. The Bertz CT molecular complexity index is 660. The third kappa shape index (κ3) is 4.45. The van der Waals surface area contributed by atoms with Crippen LogP contribution in [-0.4, -0.2) is 23.9 Å². The van der Waals surface area contributed by atoms with Crippen molar-refractivity contribution in [3.05, 3.63) is 59.2 Å². The van der Waals surface area contributed by atoms with Gasteiger partial charge in [0, 0.05) is 6.21 Å². The van der Waals surface area contributed by atoms with Gasteiger partial charge < -0.3 is 9.84 Å². The number of benzene rings is 2. The summed E-state index contributed by atoms with van der Waals surface area (Å²) in [7, 11) is 0. The lowest BCUT2D eigenvalue weighted by Crippen LogP contribution is -2.09. The average molecular weight is 283 g/mol. The number of hydrogen-bond donors (Lipinski definition) is 1. The number of rotatable bonds is 5. The van der Waals surface area contributed by atoms with Crippen LogP contribution in [0.3, 0.4) is 0 Å². The van der Waals surface area contributed by atoms with E-state index in [1.165, 1.54) is 5.56 Å². The monoisotopic (exact) mass is 283 g/mol. The molecule has 1 N–H and O–H groups in total. The molecule has 4 nitrogen and oxygen atoms in total. The van der Waals surface area contributed by atoms with Crippen LogP contribution in [0.4, 0.5) is 5.69 Å². The Morgan fingerprint density at radius 2 is 1.90 bits per heavy atom. The molecule has 0 atom stereocenters. The number of carbonyl (C=O) groups is 1. The number of ether oxygens (including phenoxy) is 1. The van der Waals surface area contributed by atoms with Crippen molar-refractivity contribution in [2.45, 2.75) is 13.8 Å². The van der Waals surface area contributed by atoms with E-state index in [0.29, 0.717) is 5.75 Å². The maximum Gasteiger partial charge on any atom is 0.341 e. The van der Waals surface area contributed by atoms with E-state index < -0.39 is 5.97 Å². The molecule has 0 aromatic heterocycles. The van der Waals surface area contributed by atoms with Crippen LogP contribution in [0.15, 0.2) is 47.5 Å². The molecule has 0 aliphatic carbocycles. The fraction of sp³-hybridized carbons (Fsp3) is 0.176. The summed E-state index contributed by atoms with van der Waals surface area (Å²) in [5.41, 5.74) is 4.21. The molecule has 0 fully saturated rings. The fourth-order valence-corrected chi connectivity index (χ4v) is 1.89. The molecule has 2 aromatic rings. The van der Waals surface area contributed by atoms with E-state index in [1.54, 1.807) is 18.3 Å². The van der Waals surface area contributed by atoms with Crippen molar-refractivity contribution in [2.24, 2.45) is 4.99 Å². The second-order valence-corrected chi connectivity index (χ2v) is 4.80. The zero-order valence-electron chi connectivity index (χ0n) is 12.0. The minimum Gasteiger partial charge on any atom is -0.482 e. The van der Waals surface area contributed by atoms with Crippen molar-refractivity contribution in [2.75, 3.05) is 6.61 Å². The van der Waals surface area contributed by atoms with Gasteiger partial charge in [0.2, 0.25) is 0 Å². The second kappa shape index (κ2) is 6.70. The van der Waals surface area contributed by atoms with Gasteiger partial charge in [-0.15, -0.1) is 0 Å². The number of aliphatic imine (C=N–C) groups is 1. The summed E-state index contributed by atoms with van der Waals surface area (Å²) in [6.07, 6.45) is 1.78. The molecule has 21 heavy (non-hydrogen) atoms. The summed E-state index contributed by atoms with van der Waals surface area (Å²) < 4.78 is 5.07. The molecular weight excluding hydrogens is 266 g/mol. The number of aliphatic carboxylic acids is 1. The fourth-order valence-electron chi connectivity index (χ4n) is 1.89. The van der Waals surface area contributed by atoms with Gasteiger partial charge in [-0.1, -0.05) is 17.7 Å². The third-order valence-electron chi connectivity index (χ3n) is 2.95. The van der Waals surface area contributed by atoms with Gasteiger partial charge in [0.15, 0.2) is 6.61 Å². The first-order chi connectivity index (χ1) is 10.0. The van der Waals surface area contributed by atoms with E-state index >= 15 is 0 Å². The van der Waals surface area contributed by atoms with Gasteiger partial charge in [0.1, 0.15) is 5.75 Å². The smallest absolute Gasteiger partial charge is 0.341 e. The molecular formula is C17H17NO3. The summed E-state index contributed by atoms with van der Waals surface area (Å²) in [4.78, 5) is 14.9. The van der Waals surface area contributed by atoms with E-state index in [9.17, 15) is 4.79 Å². The van der Waals surface area contributed by atoms with Crippen molar-refractivity contribution in [1.82, 2.24) is 0 Å². The molecule has 2 rings (SSSR count). The lowest BCUT2D eigenvalue weighted by molar-refractivity contribution is -0.139. The van der Waals surface area contributed by atoms with Crippen LogP contribution >= 0.6 is 0 Å². The van der Waals surface area contributed by atoms with Crippen LogP contribution in [0.5, 0.6) is 5.75 Å². The second-order valence-electron chi connectivity index (χ2n) is 4.80. The third-order valence-corrected chi connectivity index (χ3v) is 2.95. The van der Waals surface area contributed by atoms with E-state index in [1.807, 2.05) is 31.2 Å². The Kier molecular flexibility index (Phi) is 4.72. The lowest BCUT2D eigenvalue weighted by atomic mass is 10.1. The molecule has 0 saturated heterocycles. The van der Waals surface area contributed by atoms with E-state index in [0.717, 1.165) is 16.8 Å². The molecule has 0 aliphatic heterocycles. The largest absolute Gasteiger partial charge is 0.482 e. The quantitative estimate of drug-likeness (QED) is 0.854. The molecule has 0 bridgehead atoms. The van der Waals surface area contributed by atoms with Gasteiger partial charge in [-0.25, -0.2) is 4.79 Å². The molecule has 2 aromatic carbocycles.